The molecule has 2 atom stereocenters. The van der Waals surface area contributed by atoms with Crippen LogP contribution in [-0.2, 0) is 11.2 Å². The second-order valence-corrected chi connectivity index (χ2v) is 7.44. The summed E-state index contributed by atoms with van der Waals surface area (Å²) in [6.07, 6.45) is 5.05. The van der Waals surface area contributed by atoms with E-state index in [9.17, 15) is 4.79 Å². The Kier molecular flexibility index (Phi) is 3.78. The summed E-state index contributed by atoms with van der Waals surface area (Å²) in [5.74, 6) is 0.881. The molecule has 10 heteroatoms. The van der Waals surface area contributed by atoms with Crippen LogP contribution >= 0.6 is 11.7 Å². The minimum Gasteiger partial charge on any atom is -0.369 e. The van der Waals surface area contributed by atoms with Gasteiger partial charge < -0.3 is 5.73 Å². The lowest BCUT2D eigenvalue weighted by molar-refractivity contribution is -0.121. The molecule has 0 unspecified atom stereocenters. The molecule has 2 N–H and O–H groups in total. The summed E-state index contributed by atoms with van der Waals surface area (Å²) in [6.45, 7) is 0. The Hall–Kier alpha value is -3.01. The largest absolute Gasteiger partial charge is 0.369 e. The molecule has 1 aliphatic carbocycles. The number of rotatable bonds is 4. The fraction of sp³-hybridized carbons (Fsp3) is 0.353. The average molecular weight is 380 g/mol. The molecule has 3 heterocycles. The maximum atomic E-state index is 11.4. The Morgan fingerprint density at radius 1 is 1.22 bits per heavy atom. The van der Waals surface area contributed by atoms with Gasteiger partial charge in [-0.25, -0.2) is 9.97 Å². The Morgan fingerprint density at radius 3 is 2.96 bits per heavy atom. The number of amides is 1. The van der Waals surface area contributed by atoms with E-state index < -0.39 is 0 Å². The zero-order chi connectivity index (χ0) is 18.4. The molecule has 27 heavy (non-hydrogen) atoms. The monoisotopic (exact) mass is 380 g/mol. The zero-order valence-electron chi connectivity index (χ0n) is 14.3. The first-order valence-corrected chi connectivity index (χ1v) is 9.50. The van der Waals surface area contributed by atoms with Gasteiger partial charge in [-0.15, -0.1) is 5.10 Å². The third-order valence-electron chi connectivity index (χ3n) is 5.14. The Labute approximate surface area is 157 Å². The molecular weight excluding hydrogens is 364 g/mol. The van der Waals surface area contributed by atoms with E-state index in [-0.39, 0.29) is 11.8 Å². The average Bonchev–Trinajstić information content (AvgIpc) is 3.40. The van der Waals surface area contributed by atoms with Crippen molar-refractivity contribution in [1.29, 1.82) is 0 Å². The van der Waals surface area contributed by atoms with Crippen molar-refractivity contribution in [3.8, 4) is 5.69 Å². The highest BCUT2D eigenvalue weighted by Crippen LogP contribution is 2.32. The summed E-state index contributed by atoms with van der Waals surface area (Å²) in [7, 11) is 0. The summed E-state index contributed by atoms with van der Waals surface area (Å²) in [6, 6.07) is 5.75. The van der Waals surface area contributed by atoms with Gasteiger partial charge in [0.05, 0.1) is 23.6 Å². The number of carbonyl (C=O) groups is 1. The van der Waals surface area contributed by atoms with Crippen LogP contribution in [0, 0.1) is 11.8 Å². The molecule has 5 rings (SSSR count). The van der Waals surface area contributed by atoms with Crippen molar-refractivity contribution in [2.75, 3.05) is 0 Å². The minimum atomic E-state index is -0.205. The van der Waals surface area contributed by atoms with Crippen LogP contribution in [0.5, 0.6) is 0 Å². The van der Waals surface area contributed by atoms with Crippen molar-refractivity contribution >= 4 is 39.8 Å². The third-order valence-corrected chi connectivity index (χ3v) is 5.70. The quantitative estimate of drug-likeness (QED) is 0.570. The number of fused-ring (bicyclic) bond motifs is 2. The van der Waals surface area contributed by atoms with Crippen LogP contribution in [0.15, 0.2) is 24.4 Å². The van der Waals surface area contributed by atoms with Gasteiger partial charge in [-0.2, -0.15) is 13.4 Å². The Balaban J connectivity index is 1.46. The van der Waals surface area contributed by atoms with Crippen molar-refractivity contribution in [3.63, 3.8) is 0 Å². The highest BCUT2D eigenvalue weighted by molar-refractivity contribution is 7.00. The number of primary amides is 1. The number of nitrogens with zero attached hydrogens (tertiary/aromatic N) is 7. The molecule has 1 aromatic carbocycles. The Bertz CT molecular complexity index is 1150. The van der Waals surface area contributed by atoms with Gasteiger partial charge in [0.2, 0.25) is 5.91 Å². The van der Waals surface area contributed by atoms with E-state index in [2.05, 4.69) is 29.0 Å². The summed E-state index contributed by atoms with van der Waals surface area (Å²) in [5, 5.41) is 8.39. The van der Waals surface area contributed by atoms with Crippen LogP contribution in [-0.4, -0.2) is 39.6 Å². The summed E-state index contributed by atoms with van der Waals surface area (Å²) >= 11 is 1.18. The van der Waals surface area contributed by atoms with Crippen LogP contribution in [0.25, 0.3) is 27.9 Å². The van der Waals surface area contributed by atoms with E-state index in [1.807, 2.05) is 18.2 Å². The van der Waals surface area contributed by atoms with E-state index in [1.54, 1.807) is 10.9 Å². The van der Waals surface area contributed by atoms with Crippen LogP contribution < -0.4 is 5.73 Å². The number of benzene rings is 1. The number of hydrogen-bond acceptors (Lipinski definition) is 8. The molecule has 0 saturated heterocycles. The summed E-state index contributed by atoms with van der Waals surface area (Å²) in [4.78, 5) is 20.5. The first-order chi connectivity index (χ1) is 13.2. The van der Waals surface area contributed by atoms with Crippen molar-refractivity contribution in [1.82, 2.24) is 33.7 Å². The lowest BCUT2D eigenvalue weighted by Crippen LogP contribution is -2.21. The second kappa shape index (κ2) is 6.31. The normalized spacial score (nSPS) is 19.9. The predicted octanol–water partition coefficient (Wildman–Crippen LogP) is 1.66. The highest BCUT2D eigenvalue weighted by atomic mass is 32.1. The number of aromatic nitrogens is 7. The van der Waals surface area contributed by atoms with E-state index >= 15 is 0 Å². The van der Waals surface area contributed by atoms with Gasteiger partial charge in [-0.3, -0.25) is 4.79 Å². The lowest BCUT2D eigenvalue weighted by atomic mass is 10.0. The van der Waals surface area contributed by atoms with Gasteiger partial charge in [-0.05, 0) is 43.4 Å². The van der Waals surface area contributed by atoms with Crippen molar-refractivity contribution in [3.05, 3.63) is 30.2 Å². The highest BCUT2D eigenvalue weighted by Gasteiger charge is 2.29. The molecule has 136 valence electrons. The van der Waals surface area contributed by atoms with Gasteiger partial charge in [0.15, 0.2) is 11.2 Å². The number of carbonyl (C=O) groups excluding carboxylic acids is 1. The smallest absolute Gasteiger partial charge is 0.220 e. The van der Waals surface area contributed by atoms with Gasteiger partial charge >= 0.3 is 0 Å². The van der Waals surface area contributed by atoms with Crippen molar-refractivity contribution < 1.29 is 4.79 Å². The molecule has 1 amide bonds. The molecule has 0 bridgehead atoms. The van der Waals surface area contributed by atoms with Gasteiger partial charge in [0.1, 0.15) is 16.9 Å². The maximum absolute atomic E-state index is 11.4. The number of nitrogens with two attached hydrogens (primary N) is 1. The SMILES string of the molecule is NC(=O)[C@@H]1CC[C@@H](Cc2ncc3nnn(-c4ccc5nsnc5c4)c3n2)C1. The van der Waals surface area contributed by atoms with Crippen LogP contribution in [0.1, 0.15) is 25.1 Å². The molecule has 0 radical (unpaired) electrons. The fourth-order valence-corrected chi connectivity index (χ4v) is 4.23. The molecular formula is C17H16N8OS. The van der Waals surface area contributed by atoms with Gasteiger partial charge in [0, 0.05) is 12.3 Å². The minimum absolute atomic E-state index is 0.0237. The standard InChI is InChI=1S/C17H16N8OS/c18-16(26)10-2-1-9(5-10)6-15-19-8-14-17(20-15)25(24-21-14)11-3-4-12-13(7-11)23-27-22-12/h3-4,7-10H,1-2,5-6H2,(H2,18,26)/t9-,10-/m1/s1. The Morgan fingerprint density at radius 2 is 2.11 bits per heavy atom. The molecule has 9 nitrogen and oxygen atoms in total. The fourth-order valence-electron chi connectivity index (χ4n) is 3.71. The van der Waals surface area contributed by atoms with E-state index in [0.29, 0.717) is 17.1 Å². The predicted molar refractivity (Wildman–Crippen MR) is 99.2 cm³/mol. The van der Waals surface area contributed by atoms with Crippen LogP contribution in [0.4, 0.5) is 0 Å². The van der Waals surface area contributed by atoms with Crippen molar-refractivity contribution in [2.45, 2.75) is 25.7 Å². The molecule has 0 aliphatic heterocycles. The maximum Gasteiger partial charge on any atom is 0.220 e. The zero-order valence-corrected chi connectivity index (χ0v) is 15.1. The lowest BCUT2D eigenvalue weighted by Gasteiger charge is -2.08. The van der Waals surface area contributed by atoms with Crippen LogP contribution in [0.2, 0.25) is 0 Å². The molecule has 1 saturated carbocycles. The first-order valence-electron chi connectivity index (χ1n) is 8.77. The topological polar surface area (TPSA) is 125 Å². The molecule has 1 aliphatic rings. The summed E-state index contributed by atoms with van der Waals surface area (Å²) < 4.78 is 10.2. The third kappa shape index (κ3) is 2.91. The molecule has 1 fully saturated rings. The molecule has 0 spiro atoms. The van der Waals surface area contributed by atoms with Crippen molar-refractivity contribution in [2.24, 2.45) is 17.6 Å². The summed E-state index contributed by atoms with van der Waals surface area (Å²) in [5.41, 5.74) is 9.23. The van der Waals surface area contributed by atoms with Gasteiger partial charge in [0.25, 0.3) is 0 Å². The van der Waals surface area contributed by atoms with E-state index in [1.165, 1.54) is 11.7 Å². The van der Waals surface area contributed by atoms with E-state index in [0.717, 1.165) is 48.2 Å². The molecule has 3 aromatic heterocycles. The van der Waals surface area contributed by atoms with Crippen LogP contribution in [0.3, 0.4) is 0 Å². The second-order valence-electron chi connectivity index (χ2n) is 6.92. The van der Waals surface area contributed by atoms with E-state index in [4.69, 9.17) is 5.73 Å². The number of hydrogen-bond donors (Lipinski definition) is 1. The first kappa shape index (κ1) is 16.2. The molecule has 4 aromatic rings. The van der Waals surface area contributed by atoms with Gasteiger partial charge in [-0.1, -0.05) is 5.21 Å².